The first kappa shape index (κ1) is 39.2. The van der Waals surface area contributed by atoms with Crippen molar-refractivity contribution in [2.75, 3.05) is 13.2 Å². The molecule has 0 unspecified atom stereocenters. The molecule has 0 aliphatic carbocycles. The number of Topliss-reactive ketones (excluding diaryl/α,β-unsaturated/α-hetero) is 2. The second-order valence-electron chi connectivity index (χ2n) is 13.1. The molecule has 0 spiro atoms. The fourth-order valence-corrected chi connectivity index (χ4v) is 6.58. The van der Waals surface area contributed by atoms with E-state index in [0.717, 1.165) is 63.7 Å². The van der Waals surface area contributed by atoms with Crippen molar-refractivity contribution in [1.29, 1.82) is 0 Å². The predicted molar refractivity (Wildman–Crippen MR) is 182 cm³/mol. The molecule has 3 rings (SSSR count). The van der Waals surface area contributed by atoms with Crippen molar-refractivity contribution in [2.24, 2.45) is 11.8 Å². The number of hydrogen-bond acceptors (Lipinski definition) is 7. The number of rotatable bonds is 15. The van der Waals surface area contributed by atoms with Gasteiger partial charge in [0.1, 0.15) is 23.7 Å². The van der Waals surface area contributed by atoms with Crippen LogP contribution < -0.4 is 15.2 Å². The first-order valence-corrected chi connectivity index (χ1v) is 18.3. The van der Waals surface area contributed by atoms with Gasteiger partial charge in [0.25, 0.3) is 0 Å². The third-order valence-electron chi connectivity index (χ3n) is 9.10. The molecule has 48 heavy (non-hydrogen) atoms. The minimum Gasteiger partial charge on any atom is -0.394 e. The summed E-state index contributed by atoms with van der Waals surface area (Å²) in [6, 6.07) is 9.32. The van der Waals surface area contributed by atoms with Crippen LogP contribution in [0.25, 0.3) is 0 Å². The van der Waals surface area contributed by atoms with Crippen molar-refractivity contribution in [3.05, 3.63) is 54.1 Å². The molecule has 0 radical (unpaired) electrons. The summed E-state index contributed by atoms with van der Waals surface area (Å²) >= 11 is 0. The number of aliphatic hydroxyl groups excluding tert-OH is 1. The van der Waals surface area contributed by atoms with Gasteiger partial charge in [-0.15, -0.1) is 0 Å². The number of imidazole rings is 1. The van der Waals surface area contributed by atoms with Gasteiger partial charge in [-0.25, -0.2) is 13.7 Å². The first-order chi connectivity index (χ1) is 23.2. The SMILES string of the molecule is CC(=O)C[C@H]1Cc2c[n+](cn2CCCCCCCCc2ccccc2)CCCCCNC(=O)[C@H]([C@@H](C)OP=O)CC(=O)[C@H](CO)NC1=O. The molecular formula is C36H54N4O7P+. The maximum atomic E-state index is 13.6. The van der Waals surface area contributed by atoms with Gasteiger partial charge in [-0.1, -0.05) is 49.6 Å². The topological polar surface area (TPSA) is 148 Å². The molecule has 12 heteroatoms. The minimum absolute atomic E-state index is 0.00911. The summed E-state index contributed by atoms with van der Waals surface area (Å²) in [5.74, 6) is -3.31. The van der Waals surface area contributed by atoms with Crippen molar-refractivity contribution in [2.45, 2.75) is 123 Å². The molecular weight excluding hydrogens is 631 g/mol. The Morgan fingerprint density at radius 2 is 1.75 bits per heavy atom. The van der Waals surface area contributed by atoms with Gasteiger partial charge in [-0.2, -0.15) is 0 Å². The third kappa shape index (κ3) is 13.7. The molecule has 1 aliphatic rings. The van der Waals surface area contributed by atoms with E-state index in [1.54, 1.807) is 6.92 Å². The number of unbranched alkanes of at least 4 members (excludes halogenated alkanes) is 5. The second kappa shape index (κ2) is 21.6. The van der Waals surface area contributed by atoms with Gasteiger partial charge < -0.3 is 20.5 Å². The molecule has 0 saturated heterocycles. The van der Waals surface area contributed by atoms with Crippen molar-refractivity contribution in [3.63, 3.8) is 0 Å². The maximum Gasteiger partial charge on any atom is 0.327 e. The molecule has 0 saturated carbocycles. The average molecular weight is 686 g/mol. The Kier molecular flexibility index (Phi) is 17.7. The molecule has 4 atom stereocenters. The molecule has 1 aliphatic heterocycles. The molecule has 1 aromatic carbocycles. The summed E-state index contributed by atoms with van der Waals surface area (Å²) in [6.07, 6.45) is 13.7. The monoisotopic (exact) mass is 685 g/mol. The van der Waals surface area contributed by atoms with Gasteiger partial charge in [0.15, 0.2) is 5.78 Å². The van der Waals surface area contributed by atoms with Gasteiger partial charge in [0.05, 0.1) is 37.6 Å². The van der Waals surface area contributed by atoms with Crippen LogP contribution in [-0.4, -0.2) is 58.4 Å². The van der Waals surface area contributed by atoms with Gasteiger partial charge in [0, 0.05) is 25.8 Å². The van der Waals surface area contributed by atoms with Crippen LogP contribution in [0.1, 0.15) is 95.7 Å². The largest absolute Gasteiger partial charge is 0.394 e. The molecule has 2 aromatic rings. The Balaban J connectivity index is 1.69. The van der Waals surface area contributed by atoms with E-state index in [1.807, 2.05) is 12.3 Å². The van der Waals surface area contributed by atoms with Gasteiger partial charge in [0.2, 0.25) is 18.1 Å². The lowest BCUT2D eigenvalue weighted by Gasteiger charge is -2.24. The summed E-state index contributed by atoms with van der Waals surface area (Å²) in [4.78, 5) is 52.1. The third-order valence-corrected chi connectivity index (χ3v) is 9.52. The molecule has 264 valence electrons. The van der Waals surface area contributed by atoms with E-state index in [9.17, 15) is 28.8 Å². The van der Waals surface area contributed by atoms with Crippen LogP contribution in [0.15, 0.2) is 42.9 Å². The number of hydrogen-bond donors (Lipinski definition) is 3. The zero-order chi connectivity index (χ0) is 34.7. The minimum atomic E-state index is -1.26. The number of aliphatic hydroxyl groups is 1. The normalized spacial score (nSPS) is 20.8. The van der Waals surface area contributed by atoms with E-state index in [-0.39, 0.29) is 18.6 Å². The van der Waals surface area contributed by atoms with Gasteiger partial charge >= 0.3 is 8.69 Å². The number of nitrogens with zero attached hydrogens (tertiary/aromatic N) is 2. The van der Waals surface area contributed by atoms with E-state index < -0.39 is 56.9 Å². The van der Waals surface area contributed by atoms with E-state index in [4.69, 9.17) is 4.52 Å². The molecule has 1 aromatic heterocycles. The van der Waals surface area contributed by atoms with Crippen LogP contribution in [-0.2, 0) is 54.2 Å². The second-order valence-corrected chi connectivity index (χ2v) is 13.4. The summed E-state index contributed by atoms with van der Waals surface area (Å²) in [5, 5.41) is 15.6. The van der Waals surface area contributed by atoms with Gasteiger partial charge in [-0.3, -0.25) is 18.9 Å². The number of carbonyl (C=O) groups excluding carboxylic acids is 4. The van der Waals surface area contributed by atoms with Crippen molar-refractivity contribution >= 4 is 32.1 Å². The number of fused-ring (bicyclic) bond motifs is 2. The van der Waals surface area contributed by atoms with E-state index >= 15 is 0 Å². The van der Waals surface area contributed by atoms with Crippen LogP contribution in [0.2, 0.25) is 0 Å². The van der Waals surface area contributed by atoms with Gasteiger partial charge in [-0.05, 0) is 64.4 Å². The smallest absolute Gasteiger partial charge is 0.327 e. The Hall–Kier alpha value is -3.27. The molecule has 11 nitrogen and oxygen atoms in total. The average Bonchev–Trinajstić information content (AvgIpc) is 3.45. The lowest BCUT2D eigenvalue weighted by Crippen LogP contribution is -2.48. The maximum absolute atomic E-state index is 13.6. The highest BCUT2D eigenvalue weighted by Crippen LogP contribution is 2.20. The van der Waals surface area contributed by atoms with Crippen LogP contribution in [0.3, 0.4) is 0 Å². The molecule has 2 amide bonds. The summed E-state index contributed by atoms with van der Waals surface area (Å²) in [5.41, 5.74) is 2.33. The number of aryl methyl sites for hydroxylation is 3. The molecule has 3 N–H and O–H groups in total. The fourth-order valence-electron chi connectivity index (χ4n) is 6.29. The van der Waals surface area contributed by atoms with Crippen LogP contribution in [0, 0.1) is 11.8 Å². The standard InChI is InChI=1S/C36H53N4O7P/c1-27(42)21-30-22-31-24-39(26-40(31)20-14-6-4-3-5-9-15-29-16-10-7-11-17-29)19-13-8-12-18-37-36(45)32(28(2)47-48-46)23-34(43)33(25-41)38-35(30)44/h7,10-11,16-17,24,26,28,30,32-33,41H,3-6,8-9,12-15,18-23,25H2,1-2H3,(H-,37,38,44,45)/p+1/t28-,30+,32+,33+/m1/s1. The highest BCUT2D eigenvalue weighted by atomic mass is 31.1. The van der Waals surface area contributed by atoms with E-state index in [0.29, 0.717) is 13.0 Å². The summed E-state index contributed by atoms with van der Waals surface area (Å²) in [7, 11) is -0.616. The number of benzene rings is 1. The van der Waals surface area contributed by atoms with E-state index in [2.05, 4.69) is 50.4 Å². The quantitative estimate of drug-likeness (QED) is 0.143. The molecule has 2 bridgehead atoms. The Morgan fingerprint density at radius 1 is 1.02 bits per heavy atom. The van der Waals surface area contributed by atoms with E-state index in [1.165, 1.54) is 31.7 Å². The van der Waals surface area contributed by atoms with Crippen molar-refractivity contribution < 1.29 is 37.9 Å². The highest BCUT2D eigenvalue weighted by Gasteiger charge is 2.34. The van der Waals surface area contributed by atoms with Crippen LogP contribution in [0.4, 0.5) is 0 Å². The molecule has 0 fully saturated rings. The number of ketones is 2. The fraction of sp³-hybridized carbons (Fsp3) is 0.639. The Labute approximate surface area is 286 Å². The van der Waals surface area contributed by atoms with Crippen molar-refractivity contribution in [3.8, 4) is 0 Å². The van der Waals surface area contributed by atoms with Crippen LogP contribution >= 0.6 is 8.69 Å². The zero-order valence-electron chi connectivity index (χ0n) is 28.6. The van der Waals surface area contributed by atoms with Crippen molar-refractivity contribution in [1.82, 2.24) is 15.2 Å². The first-order valence-electron chi connectivity index (χ1n) is 17.5. The number of carbonyl (C=O) groups is 4. The number of nitrogens with one attached hydrogen (secondary N) is 2. The lowest BCUT2D eigenvalue weighted by molar-refractivity contribution is -0.697. The number of amides is 2. The summed E-state index contributed by atoms with van der Waals surface area (Å²) in [6.45, 7) is 4.32. The molecule has 2 heterocycles. The Morgan fingerprint density at radius 3 is 2.46 bits per heavy atom. The predicted octanol–water partition coefficient (Wildman–Crippen LogP) is 4.46. The van der Waals surface area contributed by atoms with Crippen LogP contribution in [0.5, 0.6) is 0 Å². The highest BCUT2D eigenvalue weighted by molar-refractivity contribution is 7.17. The number of aromatic nitrogens is 2. The Bertz CT molecular complexity index is 1320. The lowest BCUT2D eigenvalue weighted by atomic mass is 9.92. The summed E-state index contributed by atoms with van der Waals surface area (Å²) < 4.78 is 20.5. The zero-order valence-corrected chi connectivity index (χ0v) is 29.5.